The minimum absolute atomic E-state index is 0.217. The lowest BCUT2D eigenvalue weighted by atomic mass is 10.1. The van der Waals surface area contributed by atoms with E-state index in [4.69, 9.17) is 0 Å². The Labute approximate surface area is 179 Å². The van der Waals surface area contributed by atoms with Crippen LogP contribution < -0.4 is 0 Å². The normalized spacial score (nSPS) is 16.8. The molecule has 1 atom stereocenters. The molecular weight excluding hydrogens is 445 g/mol. The number of rotatable bonds is 6. The maximum absolute atomic E-state index is 13.2. The molecule has 5 nitrogen and oxygen atoms in total. The van der Waals surface area contributed by atoms with Gasteiger partial charge in [-0.2, -0.15) is 18.3 Å². The molecule has 1 fully saturated rings. The van der Waals surface area contributed by atoms with Crippen molar-refractivity contribution in [1.29, 1.82) is 0 Å². The first-order valence-electron chi connectivity index (χ1n) is 9.80. The lowest BCUT2D eigenvalue weighted by Gasteiger charge is -2.36. The van der Waals surface area contributed by atoms with Gasteiger partial charge in [0, 0.05) is 32.7 Å². The van der Waals surface area contributed by atoms with Crippen molar-refractivity contribution in [1.82, 2.24) is 19.6 Å². The zero-order valence-electron chi connectivity index (χ0n) is 17.0. The molecule has 1 aromatic carbocycles. The van der Waals surface area contributed by atoms with Crippen molar-refractivity contribution in [2.75, 3.05) is 26.2 Å². The molecule has 0 bridgehead atoms. The van der Waals surface area contributed by atoms with Gasteiger partial charge in [0.05, 0.1) is 5.56 Å². The van der Waals surface area contributed by atoms with E-state index in [0.29, 0.717) is 29.4 Å². The largest absolute Gasteiger partial charge is 0.416 e. The van der Waals surface area contributed by atoms with Gasteiger partial charge < -0.3 is 4.90 Å². The third-order valence-corrected chi connectivity index (χ3v) is 5.30. The van der Waals surface area contributed by atoms with Crippen LogP contribution in [0.3, 0.4) is 0 Å². The first kappa shape index (κ1) is 24.0. The Bertz CT molecular complexity index is 936. The van der Waals surface area contributed by atoms with Gasteiger partial charge in [0.1, 0.15) is 17.4 Å². The molecule has 0 saturated carbocycles. The number of carbonyl (C=O) groups excluding carboxylic acids is 1. The Morgan fingerprint density at radius 1 is 1.03 bits per heavy atom. The molecule has 0 spiro atoms. The van der Waals surface area contributed by atoms with E-state index < -0.39 is 47.9 Å². The monoisotopic (exact) mass is 466 g/mol. The Morgan fingerprint density at radius 3 is 2.25 bits per heavy atom. The van der Waals surface area contributed by atoms with Gasteiger partial charge in [0.2, 0.25) is 5.91 Å². The molecule has 2 heterocycles. The van der Waals surface area contributed by atoms with Crippen LogP contribution in [0.25, 0.3) is 0 Å². The number of nitrogens with zero attached hydrogens (tertiary/aromatic N) is 4. The molecule has 0 aliphatic carbocycles. The van der Waals surface area contributed by atoms with Gasteiger partial charge in [-0.1, -0.05) is 18.2 Å². The fourth-order valence-electron chi connectivity index (χ4n) is 3.61. The number of alkyl halides is 7. The smallest absolute Gasteiger partial charge is 0.338 e. The highest BCUT2D eigenvalue weighted by molar-refractivity contribution is 5.80. The summed E-state index contributed by atoms with van der Waals surface area (Å²) in [5, 5.41) is 3.48. The van der Waals surface area contributed by atoms with E-state index in [1.807, 2.05) is 4.90 Å². The SMILES string of the molecule is CC(C(=O)N1CCN(Cc2cccc(C(F)(F)F)c2)CC1)n1nc(C(F)F)cc1C(F)F. The Kier molecular flexibility index (Phi) is 7.11. The zero-order chi connectivity index (χ0) is 23.6. The van der Waals surface area contributed by atoms with E-state index in [2.05, 4.69) is 5.10 Å². The van der Waals surface area contributed by atoms with Gasteiger partial charge in [0.25, 0.3) is 12.9 Å². The van der Waals surface area contributed by atoms with E-state index in [9.17, 15) is 35.5 Å². The molecule has 1 unspecified atom stereocenters. The molecule has 1 aliphatic heterocycles. The number of amides is 1. The zero-order valence-corrected chi connectivity index (χ0v) is 17.0. The summed E-state index contributed by atoms with van der Waals surface area (Å²) in [5.41, 5.74) is -1.85. The molecule has 1 aromatic heterocycles. The second-order valence-electron chi connectivity index (χ2n) is 7.52. The lowest BCUT2D eigenvalue weighted by molar-refractivity contribution is -0.138. The maximum atomic E-state index is 13.2. The summed E-state index contributed by atoms with van der Waals surface area (Å²) in [6.45, 7) is 2.72. The minimum Gasteiger partial charge on any atom is -0.338 e. The van der Waals surface area contributed by atoms with E-state index in [1.165, 1.54) is 17.9 Å². The number of benzene rings is 1. The highest BCUT2D eigenvalue weighted by Crippen LogP contribution is 2.30. The summed E-state index contributed by atoms with van der Waals surface area (Å²) >= 11 is 0. The lowest BCUT2D eigenvalue weighted by Crippen LogP contribution is -2.50. The van der Waals surface area contributed by atoms with Gasteiger partial charge in [-0.25, -0.2) is 17.6 Å². The molecular formula is C20H21F7N4O. The molecule has 1 saturated heterocycles. The maximum Gasteiger partial charge on any atom is 0.416 e. The molecule has 32 heavy (non-hydrogen) atoms. The van der Waals surface area contributed by atoms with E-state index in [1.54, 1.807) is 6.07 Å². The summed E-state index contributed by atoms with van der Waals surface area (Å²) in [4.78, 5) is 16.0. The second kappa shape index (κ2) is 9.47. The standard InChI is InChI=1S/C20H21F7N4O/c1-12(31-16(18(23)24)10-15(28-31)17(21)22)19(32)30-7-5-29(6-8-30)11-13-3-2-4-14(9-13)20(25,26)27/h2-4,9-10,12,17-18H,5-8,11H2,1H3. The van der Waals surface area contributed by atoms with Crippen LogP contribution in [0.5, 0.6) is 0 Å². The third-order valence-electron chi connectivity index (χ3n) is 5.30. The van der Waals surface area contributed by atoms with Crippen LogP contribution in [0.2, 0.25) is 0 Å². The molecule has 0 radical (unpaired) electrons. The summed E-state index contributed by atoms with van der Waals surface area (Å²) in [5.74, 6) is -0.547. The van der Waals surface area contributed by atoms with Crippen molar-refractivity contribution in [2.24, 2.45) is 0 Å². The van der Waals surface area contributed by atoms with Crippen LogP contribution in [0.4, 0.5) is 30.7 Å². The van der Waals surface area contributed by atoms with Crippen molar-refractivity contribution in [3.63, 3.8) is 0 Å². The molecule has 12 heteroatoms. The Morgan fingerprint density at radius 2 is 1.69 bits per heavy atom. The topological polar surface area (TPSA) is 41.4 Å². The van der Waals surface area contributed by atoms with Gasteiger partial charge in [-0.3, -0.25) is 14.4 Å². The average molecular weight is 466 g/mol. The fraction of sp³-hybridized carbons (Fsp3) is 0.500. The van der Waals surface area contributed by atoms with Crippen LogP contribution in [0, 0.1) is 0 Å². The van der Waals surface area contributed by atoms with Gasteiger partial charge in [0.15, 0.2) is 0 Å². The van der Waals surface area contributed by atoms with Crippen LogP contribution in [-0.2, 0) is 17.5 Å². The highest BCUT2D eigenvalue weighted by atomic mass is 19.4. The predicted molar refractivity (Wildman–Crippen MR) is 100 cm³/mol. The summed E-state index contributed by atoms with van der Waals surface area (Å²) in [6.07, 6.45) is -10.6. The molecule has 0 N–H and O–H groups in total. The van der Waals surface area contributed by atoms with Crippen molar-refractivity contribution in [3.05, 3.63) is 52.8 Å². The number of piperazine rings is 1. The van der Waals surface area contributed by atoms with Crippen molar-refractivity contribution < 1.29 is 35.5 Å². The van der Waals surface area contributed by atoms with Crippen LogP contribution in [0.15, 0.2) is 30.3 Å². The summed E-state index contributed by atoms with van der Waals surface area (Å²) < 4.78 is 91.4. The average Bonchev–Trinajstić information content (AvgIpc) is 3.19. The van der Waals surface area contributed by atoms with Gasteiger partial charge in [-0.15, -0.1) is 0 Å². The molecule has 1 amide bonds. The molecule has 176 valence electrons. The van der Waals surface area contributed by atoms with Gasteiger partial charge >= 0.3 is 6.18 Å². The van der Waals surface area contributed by atoms with Crippen molar-refractivity contribution in [3.8, 4) is 0 Å². The van der Waals surface area contributed by atoms with E-state index in [0.717, 1.165) is 12.1 Å². The summed E-state index contributed by atoms with van der Waals surface area (Å²) in [7, 11) is 0. The van der Waals surface area contributed by atoms with Crippen LogP contribution in [0.1, 0.15) is 48.3 Å². The number of aromatic nitrogens is 2. The first-order chi connectivity index (χ1) is 15.0. The van der Waals surface area contributed by atoms with Crippen molar-refractivity contribution in [2.45, 2.75) is 38.5 Å². The first-order valence-corrected chi connectivity index (χ1v) is 9.80. The van der Waals surface area contributed by atoms with Crippen LogP contribution >= 0.6 is 0 Å². The van der Waals surface area contributed by atoms with Crippen LogP contribution in [-0.4, -0.2) is 51.7 Å². The van der Waals surface area contributed by atoms with E-state index in [-0.39, 0.29) is 19.6 Å². The Balaban J connectivity index is 1.62. The fourth-order valence-corrected chi connectivity index (χ4v) is 3.61. The third kappa shape index (κ3) is 5.40. The molecule has 1 aliphatic rings. The number of hydrogen-bond donors (Lipinski definition) is 0. The number of hydrogen-bond acceptors (Lipinski definition) is 3. The number of carbonyl (C=O) groups is 1. The van der Waals surface area contributed by atoms with Gasteiger partial charge in [-0.05, 0) is 24.6 Å². The predicted octanol–water partition coefficient (Wildman–Crippen LogP) is 4.68. The Hall–Kier alpha value is -2.63. The van der Waals surface area contributed by atoms with Crippen molar-refractivity contribution >= 4 is 5.91 Å². The highest BCUT2D eigenvalue weighted by Gasteiger charge is 2.32. The number of halogens is 7. The second-order valence-corrected chi connectivity index (χ2v) is 7.52. The van der Waals surface area contributed by atoms with E-state index >= 15 is 0 Å². The minimum atomic E-state index is -4.44. The molecule has 3 rings (SSSR count). The molecule has 2 aromatic rings. The quantitative estimate of drug-likeness (QED) is 0.581. The summed E-state index contributed by atoms with van der Waals surface area (Å²) in [6, 6.07) is 4.36.